The van der Waals surface area contributed by atoms with Gasteiger partial charge in [0.2, 0.25) is 5.91 Å². The van der Waals surface area contributed by atoms with Gasteiger partial charge < -0.3 is 4.90 Å². The molecule has 1 aliphatic rings. The van der Waals surface area contributed by atoms with Crippen LogP contribution in [0.15, 0.2) is 48.5 Å². The molecule has 0 saturated heterocycles. The Morgan fingerprint density at radius 3 is 2.70 bits per heavy atom. The molecule has 0 bridgehead atoms. The molecule has 0 N–H and O–H groups in total. The minimum Gasteiger partial charge on any atom is -0.337 e. The fourth-order valence-corrected chi connectivity index (χ4v) is 4.09. The lowest BCUT2D eigenvalue weighted by molar-refractivity contribution is -0.129. The maximum absolute atomic E-state index is 12.4. The number of fused-ring (bicyclic) bond motifs is 1. The zero-order valence-electron chi connectivity index (χ0n) is 13.3. The molecule has 4 heteroatoms. The second kappa shape index (κ2) is 7.09. The molecule has 0 spiro atoms. The SMILES string of the molecule is Cc1cccc(C[S@@](=O)CC(=O)N2CCc3ccccc3C2)c1. The third-order valence-corrected chi connectivity index (χ3v) is 5.40. The van der Waals surface area contributed by atoms with Crippen LogP contribution in [0.1, 0.15) is 22.3 Å². The maximum Gasteiger partial charge on any atom is 0.235 e. The van der Waals surface area contributed by atoms with Crippen LogP contribution < -0.4 is 0 Å². The lowest BCUT2D eigenvalue weighted by Gasteiger charge is -2.28. The fourth-order valence-electron chi connectivity index (χ4n) is 2.98. The quantitative estimate of drug-likeness (QED) is 0.866. The first-order chi connectivity index (χ1) is 11.1. The Labute approximate surface area is 139 Å². The summed E-state index contributed by atoms with van der Waals surface area (Å²) in [7, 11) is -1.16. The molecule has 1 atom stereocenters. The minimum atomic E-state index is -1.16. The van der Waals surface area contributed by atoms with Crippen LogP contribution in [-0.4, -0.2) is 27.3 Å². The average Bonchev–Trinajstić information content (AvgIpc) is 2.54. The first-order valence-corrected chi connectivity index (χ1v) is 9.36. The van der Waals surface area contributed by atoms with Gasteiger partial charge in [-0.2, -0.15) is 0 Å². The predicted octanol–water partition coefficient (Wildman–Crippen LogP) is 2.83. The number of carbonyl (C=O) groups is 1. The Bertz CT molecular complexity index is 742. The predicted molar refractivity (Wildman–Crippen MR) is 93.5 cm³/mol. The molecule has 1 aliphatic heterocycles. The highest BCUT2D eigenvalue weighted by Crippen LogP contribution is 2.18. The molecule has 0 fully saturated rings. The molecule has 23 heavy (non-hydrogen) atoms. The molecule has 0 aromatic heterocycles. The molecule has 1 heterocycles. The van der Waals surface area contributed by atoms with E-state index in [1.54, 1.807) is 0 Å². The van der Waals surface area contributed by atoms with Crippen molar-refractivity contribution in [2.75, 3.05) is 12.3 Å². The molecule has 0 aliphatic carbocycles. The van der Waals surface area contributed by atoms with Crippen LogP contribution in [0, 0.1) is 6.92 Å². The lowest BCUT2D eigenvalue weighted by Crippen LogP contribution is -2.38. The van der Waals surface area contributed by atoms with Crippen molar-refractivity contribution >= 4 is 16.7 Å². The molecular weight excluding hydrogens is 306 g/mol. The second-order valence-electron chi connectivity index (χ2n) is 6.05. The number of rotatable bonds is 4. The van der Waals surface area contributed by atoms with Crippen molar-refractivity contribution in [3.8, 4) is 0 Å². The summed E-state index contributed by atoms with van der Waals surface area (Å²) in [6.07, 6.45) is 0.881. The molecular formula is C19H21NO2S. The van der Waals surface area contributed by atoms with E-state index in [0.717, 1.165) is 24.1 Å². The summed E-state index contributed by atoms with van der Waals surface area (Å²) < 4.78 is 12.3. The lowest BCUT2D eigenvalue weighted by atomic mass is 10.00. The van der Waals surface area contributed by atoms with Crippen molar-refractivity contribution in [2.24, 2.45) is 0 Å². The molecule has 3 nitrogen and oxygen atoms in total. The zero-order chi connectivity index (χ0) is 16.2. The number of nitrogens with zero attached hydrogens (tertiary/aromatic N) is 1. The van der Waals surface area contributed by atoms with Crippen LogP contribution in [0.3, 0.4) is 0 Å². The molecule has 120 valence electrons. The topological polar surface area (TPSA) is 37.4 Å². The van der Waals surface area contributed by atoms with E-state index < -0.39 is 10.8 Å². The number of aryl methyl sites for hydroxylation is 1. The summed E-state index contributed by atoms with van der Waals surface area (Å²) in [5.74, 6) is 0.541. The Hall–Kier alpha value is -1.94. The van der Waals surface area contributed by atoms with E-state index in [-0.39, 0.29) is 11.7 Å². The van der Waals surface area contributed by atoms with Gasteiger partial charge in [-0.05, 0) is 30.0 Å². The highest BCUT2D eigenvalue weighted by Gasteiger charge is 2.21. The molecule has 3 rings (SSSR count). The van der Waals surface area contributed by atoms with Crippen molar-refractivity contribution < 1.29 is 9.00 Å². The van der Waals surface area contributed by atoms with Crippen LogP contribution in [-0.2, 0) is 34.3 Å². The van der Waals surface area contributed by atoms with Gasteiger partial charge in [0.1, 0.15) is 5.75 Å². The van der Waals surface area contributed by atoms with Crippen molar-refractivity contribution in [1.82, 2.24) is 4.90 Å². The van der Waals surface area contributed by atoms with Crippen molar-refractivity contribution in [3.05, 3.63) is 70.8 Å². The number of hydrogen-bond donors (Lipinski definition) is 0. The first-order valence-electron chi connectivity index (χ1n) is 7.87. The summed E-state index contributed by atoms with van der Waals surface area (Å²) in [6.45, 7) is 3.37. The molecule has 1 amide bonds. The van der Waals surface area contributed by atoms with E-state index in [0.29, 0.717) is 12.3 Å². The molecule has 2 aromatic carbocycles. The summed E-state index contributed by atoms with van der Waals surface area (Å²) in [5.41, 5.74) is 4.70. The van der Waals surface area contributed by atoms with Gasteiger partial charge in [-0.3, -0.25) is 9.00 Å². The van der Waals surface area contributed by atoms with Crippen LogP contribution in [0.25, 0.3) is 0 Å². The van der Waals surface area contributed by atoms with Gasteiger partial charge in [-0.15, -0.1) is 0 Å². The van der Waals surface area contributed by atoms with Crippen molar-refractivity contribution in [3.63, 3.8) is 0 Å². The van der Waals surface area contributed by atoms with Gasteiger partial charge in [0.05, 0.1) is 0 Å². The van der Waals surface area contributed by atoms with Gasteiger partial charge in [0.25, 0.3) is 0 Å². The number of benzene rings is 2. The van der Waals surface area contributed by atoms with E-state index in [1.807, 2.05) is 48.2 Å². The van der Waals surface area contributed by atoms with Crippen LogP contribution >= 0.6 is 0 Å². The third kappa shape index (κ3) is 4.08. The highest BCUT2D eigenvalue weighted by molar-refractivity contribution is 7.84. The maximum atomic E-state index is 12.4. The average molecular weight is 327 g/mol. The number of amides is 1. The molecule has 0 radical (unpaired) electrons. The monoisotopic (exact) mass is 327 g/mol. The van der Waals surface area contributed by atoms with Gasteiger partial charge >= 0.3 is 0 Å². The largest absolute Gasteiger partial charge is 0.337 e. The number of carbonyl (C=O) groups excluding carboxylic acids is 1. The Morgan fingerprint density at radius 1 is 1.13 bits per heavy atom. The minimum absolute atomic E-state index is 0.00881. The summed E-state index contributed by atoms with van der Waals surface area (Å²) in [5, 5.41) is 0. The summed E-state index contributed by atoms with van der Waals surface area (Å²) >= 11 is 0. The standard InChI is InChI=1S/C19H21NO2S/c1-15-5-4-6-16(11-15)13-23(22)14-19(21)20-10-9-17-7-2-3-8-18(17)12-20/h2-8,11H,9-10,12-14H2,1H3/t23-/m1/s1. The molecule has 2 aromatic rings. The van der Waals surface area contributed by atoms with Crippen molar-refractivity contribution in [1.29, 1.82) is 0 Å². The Balaban J connectivity index is 1.58. The van der Waals surface area contributed by atoms with Gasteiger partial charge in [0.15, 0.2) is 0 Å². The van der Waals surface area contributed by atoms with Gasteiger partial charge in [0, 0.05) is 29.6 Å². The molecule has 0 unspecified atom stereocenters. The summed E-state index contributed by atoms with van der Waals surface area (Å²) in [6, 6.07) is 16.2. The molecule has 0 saturated carbocycles. The van der Waals surface area contributed by atoms with Crippen LogP contribution in [0.5, 0.6) is 0 Å². The second-order valence-corrected chi connectivity index (χ2v) is 7.51. The van der Waals surface area contributed by atoms with E-state index in [2.05, 4.69) is 12.1 Å². The van der Waals surface area contributed by atoms with Gasteiger partial charge in [-0.25, -0.2) is 0 Å². The van der Waals surface area contributed by atoms with Gasteiger partial charge in [-0.1, -0.05) is 54.1 Å². The third-order valence-electron chi connectivity index (χ3n) is 4.18. The van der Waals surface area contributed by atoms with E-state index in [4.69, 9.17) is 0 Å². The first kappa shape index (κ1) is 15.9. The van der Waals surface area contributed by atoms with E-state index in [1.165, 1.54) is 11.1 Å². The Morgan fingerprint density at radius 2 is 1.91 bits per heavy atom. The van der Waals surface area contributed by atoms with Crippen LogP contribution in [0.4, 0.5) is 0 Å². The highest BCUT2D eigenvalue weighted by atomic mass is 32.2. The van der Waals surface area contributed by atoms with Crippen LogP contribution in [0.2, 0.25) is 0 Å². The normalized spacial score (nSPS) is 15.1. The fraction of sp³-hybridized carbons (Fsp3) is 0.316. The smallest absolute Gasteiger partial charge is 0.235 e. The van der Waals surface area contributed by atoms with E-state index in [9.17, 15) is 9.00 Å². The Kier molecular flexibility index (Phi) is 4.91. The number of hydrogen-bond acceptors (Lipinski definition) is 2. The summed E-state index contributed by atoms with van der Waals surface area (Å²) in [4.78, 5) is 14.2. The zero-order valence-corrected chi connectivity index (χ0v) is 14.1. The van der Waals surface area contributed by atoms with Crippen molar-refractivity contribution in [2.45, 2.75) is 25.6 Å². The van der Waals surface area contributed by atoms with E-state index >= 15 is 0 Å².